The highest BCUT2D eigenvalue weighted by molar-refractivity contribution is 5.43. The van der Waals surface area contributed by atoms with Gasteiger partial charge in [0.15, 0.2) is 0 Å². The summed E-state index contributed by atoms with van der Waals surface area (Å²) in [5.41, 5.74) is 2.18. The minimum atomic E-state index is -0.240. The van der Waals surface area contributed by atoms with E-state index in [1.54, 1.807) is 12.1 Å². The summed E-state index contributed by atoms with van der Waals surface area (Å²) in [6.45, 7) is 5.38. The molecule has 5 nitrogen and oxygen atoms in total. The first-order valence-electron chi connectivity index (χ1n) is 8.36. The fraction of sp³-hybridized carbons (Fsp3) is 0.368. The number of nitriles is 1. The number of ether oxygens (including phenoxy) is 1. The van der Waals surface area contributed by atoms with Gasteiger partial charge in [0.05, 0.1) is 19.3 Å². The first kappa shape index (κ1) is 17.3. The van der Waals surface area contributed by atoms with E-state index in [2.05, 4.69) is 21.3 Å². The average Bonchev–Trinajstić information content (AvgIpc) is 2.64. The van der Waals surface area contributed by atoms with E-state index in [0.29, 0.717) is 31.3 Å². The van der Waals surface area contributed by atoms with Gasteiger partial charge in [0.2, 0.25) is 0 Å². The SMILES string of the molecule is Cc1ccc(NCC(c2cccc(F)c2)N2CCOCC2)nc1C#N. The number of pyridine rings is 1. The predicted molar refractivity (Wildman–Crippen MR) is 93.7 cm³/mol. The normalized spacial score (nSPS) is 16.2. The largest absolute Gasteiger partial charge is 0.379 e. The van der Waals surface area contributed by atoms with Crippen LogP contribution >= 0.6 is 0 Å². The molecule has 0 spiro atoms. The number of hydrogen-bond donors (Lipinski definition) is 1. The van der Waals surface area contributed by atoms with Crippen molar-refractivity contribution in [3.05, 3.63) is 59.0 Å². The molecule has 1 saturated heterocycles. The molecule has 1 unspecified atom stereocenters. The molecule has 0 radical (unpaired) electrons. The highest BCUT2D eigenvalue weighted by Crippen LogP contribution is 2.23. The van der Waals surface area contributed by atoms with Gasteiger partial charge in [-0.05, 0) is 36.2 Å². The molecule has 3 rings (SSSR count). The molecule has 6 heteroatoms. The molecular formula is C19H21FN4O. The van der Waals surface area contributed by atoms with E-state index in [4.69, 9.17) is 10.00 Å². The third kappa shape index (κ3) is 4.32. The van der Waals surface area contributed by atoms with Gasteiger partial charge in [0.25, 0.3) is 0 Å². The lowest BCUT2D eigenvalue weighted by atomic mass is 10.0. The number of halogens is 1. The number of nitrogens with one attached hydrogen (secondary N) is 1. The summed E-state index contributed by atoms with van der Waals surface area (Å²) < 4.78 is 19.1. The zero-order chi connectivity index (χ0) is 17.6. The molecule has 2 aromatic rings. The second-order valence-corrected chi connectivity index (χ2v) is 6.07. The molecule has 1 fully saturated rings. The molecule has 0 bridgehead atoms. The van der Waals surface area contributed by atoms with E-state index in [1.165, 1.54) is 6.07 Å². The molecule has 1 aliphatic heterocycles. The standard InChI is InChI=1S/C19H21FN4O/c1-14-5-6-19(23-17(14)12-21)22-13-18(24-7-9-25-10-8-24)15-3-2-4-16(20)11-15/h2-6,11,18H,7-10,13H2,1H3,(H,22,23). The summed E-state index contributed by atoms with van der Waals surface area (Å²) in [6, 6.07) is 12.5. The van der Waals surface area contributed by atoms with Crippen LogP contribution in [-0.4, -0.2) is 42.7 Å². The van der Waals surface area contributed by atoms with Crippen molar-refractivity contribution in [2.45, 2.75) is 13.0 Å². The van der Waals surface area contributed by atoms with Crippen molar-refractivity contribution >= 4 is 5.82 Å². The Morgan fingerprint density at radius 3 is 2.84 bits per heavy atom. The maximum absolute atomic E-state index is 13.7. The van der Waals surface area contributed by atoms with Crippen molar-refractivity contribution in [2.75, 3.05) is 38.2 Å². The van der Waals surface area contributed by atoms with Crippen LogP contribution in [0.5, 0.6) is 0 Å². The Morgan fingerprint density at radius 1 is 1.32 bits per heavy atom. The Kier molecular flexibility index (Phi) is 5.59. The van der Waals surface area contributed by atoms with Gasteiger partial charge in [0.1, 0.15) is 23.4 Å². The van der Waals surface area contributed by atoms with Gasteiger partial charge in [0, 0.05) is 19.6 Å². The summed E-state index contributed by atoms with van der Waals surface area (Å²) in [6.07, 6.45) is 0. The monoisotopic (exact) mass is 340 g/mol. The van der Waals surface area contributed by atoms with Crippen LogP contribution in [0.15, 0.2) is 36.4 Å². The average molecular weight is 340 g/mol. The number of aryl methyl sites for hydroxylation is 1. The Labute approximate surface area is 147 Å². The molecule has 0 saturated carbocycles. The third-order valence-electron chi connectivity index (χ3n) is 4.40. The molecule has 1 N–H and O–H groups in total. The molecule has 0 aliphatic carbocycles. The van der Waals surface area contributed by atoms with Crippen molar-refractivity contribution in [1.29, 1.82) is 5.26 Å². The van der Waals surface area contributed by atoms with Gasteiger partial charge in [-0.2, -0.15) is 5.26 Å². The molecule has 0 amide bonds. The summed E-state index contributed by atoms with van der Waals surface area (Å²) in [4.78, 5) is 6.61. The molecule has 1 aromatic carbocycles. The summed E-state index contributed by atoms with van der Waals surface area (Å²) >= 11 is 0. The fourth-order valence-corrected chi connectivity index (χ4v) is 3.00. The highest BCUT2D eigenvalue weighted by Gasteiger charge is 2.23. The number of anilines is 1. The van der Waals surface area contributed by atoms with Crippen molar-refractivity contribution in [2.24, 2.45) is 0 Å². The summed E-state index contributed by atoms with van der Waals surface area (Å²) in [5.74, 6) is 0.410. The smallest absolute Gasteiger partial charge is 0.145 e. The first-order valence-corrected chi connectivity index (χ1v) is 8.36. The van der Waals surface area contributed by atoms with Gasteiger partial charge >= 0.3 is 0 Å². The molecule has 1 aliphatic rings. The van der Waals surface area contributed by atoms with E-state index < -0.39 is 0 Å². The zero-order valence-electron chi connectivity index (χ0n) is 14.2. The molecule has 1 atom stereocenters. The highest BCUT2D eigenvalue weighted by atomic mass is 19.1. The Hall–Kier alpha value is -2.49. The van der Waals surface area contributed by atoms with Crippen LogP contribution in [0.3, 0.4) is 0 Å². The van der Waals surface area contributed by atoms with Gasteiger partial charge in [-0.1, -0.05) is 18.2 Å². The second-order valence-electron chi connectivity index (χ2n) is 6.07. The van der Waals surface area contributed by atoms with Gasteiger partial charge in [-0.3, -0.25) is 4.90 Å². The Balaban J connectivity index is 1.79. The number of nitrogens with zero attached hydrogens (tertiary/aromatic N) is 3. The summed E-state index contributed by atoms with van der Waals surface area (Å²) in [7, 11) is 0. The lowest BCUT2D eigenvalue weighted by Gasteiger charge is -2.35. The fourth-order valence-electron chi connectivity index (χ4n) is 3.00. The van der Waals surface area contributed by atoms with E-state index in [-0.39, 0.29) is 11.9 Å². The first-order chi connectivity index (χ1) is 12.2. The van der Waals surface area contributed by atoms with Crippen LogP contribution in [-0.2, 0) is 4.74 Å². The van der Waals surface area contributed by atoms with Crippen LogP contribution in [0.2, 0.25) is 0 Å². The molecule has 25 heavy (non-hydrogen) atoms. The number of hydrogen-bond acceptors (Lipinski definition) is 5. The number of morpholine rings is 1. The van der Waals surface area contributed by atoms with E-state index >= 15 is 0 Å². The van der Waals surface area contributed by atoms with Crippen molar-refractivity contribution in [1.82, 2.24) is 9.88 Å². The topological polar surface area (TPSA) is 61.2 Å². The third-order valence-corrected chi connectivity index (χ3v) is 4.40. The van der Waals surface area contributed by atoms with E-state index in [9.17, 15) is 4.39 Å². The van der Waals surface area contributed by atoms with E-state index in [1.807, 2.05) is 25.1 Å². The van der Waals surface area contributed by atoms with Crippen LogP contribution < -0.4 is 5.32 Å². The predicted octanol–water partition coefficient (Wildman–Crippen LogP) is 2.89. The molecule has 2 heterocycles. The maximum atomic E-state index is 13.7. The Morgan fingerprint density at radius 2 is 2.12 bits per heavy atom. The van der Waals surface area contributed by atoms with Crippen LogP contribution in [0, 0.1) is 24.1 Å². The molecular weight excluding hydrogens is 319 g/mol. The maximum Gasteiger partial charge on any atom is 0.145 e. The minimum Gasteiger partial charge on any atom is -0.379 e. The van der Waals surface area contributed by atoms with Gasteiger partial charge in [-0.25, -0.2) is 9.37 Å². The second kappa shape index (κ2) is 8.06. The number of benzene rings is 1. The quantitative estimate of drug-likeness (QED) is 0.907. The van der Waals surface area contributed by atoms with E-state index in [0.717, 1.165) is 24.2 Å². The summed E-state index contributed by atoms with van der Waals surface area (Å²) in [5, 5.41) is 12.4. The molecule has 130 valence electrons. The minimum absolute atomic E-state index is 0.00763. The van der Waals surface area contributed by atoms with Crippen molar-refractivity contribution < 1.29 is 9.13 Å². The number of rotatable bonds is 5. The molecule has 1 aromatic heterocycles. The van der Waals surface area contributed by atoms with Crippen LogP contribution in [0.1, 0.15) is 22.9 Å². The van der Waals surface area contributed by atoms with Crippen LogP contribution in [0.25, 0.3) is 0 Å². The van der Waals surface area contributed by atoms with Gasteiger partial charge in [-0.15, -0.1) is 0 Å². The van der Waals surface area contributed by atoms with Crippen molar-refractivity contribution in [3.8, 4) is 6.07 Å². The lowest BCUT2D eigenvalue weighted by Crippen LogP contribution is -2.41. The van der Waals surface area contributed by atoms with Crippen LogP contribution in [0.4, 0.5) is 10.2 Å². The van der Waals surface area contributed by atoms with Gasteiger partial charge < -0.3 is 10.1 Å². The van der Waals surface area contributed by atoms with Crippen molar-refractivity contribution in [3.63, 3.8) is 0 Å². The lowest BCUT2D eigenvalue weighted by molar-refractivity contribution is 0.0186. The zero-order valence-corrected chi connectivity index (χ0v) is 14.2. The Bertz CT molecular complexity index is 768. The number of aromatic nitrogens is 1.